The molecule has 1 rings (SSSR count). The molecule has 2 atom stereocenters. The van der Waals surface area contributed by atoms with Crippen molar-refractivity contribution in [1.29, 1.82) is 0 Å². The van der Waals surface area contributed by atoms with Gasteiger partial charge in [0.05, 0.1) is 11.7 Å². The van der Waals surface area contributed by atoms with Gasteiger partial charge in [0.15, 0.2) is 0 Å². The fourth-order valence-corrected chi connectivity index (χ4v) is 2.01. The summed E-state index contributed by atoms with van der Waals surface area (Å²) in [6, 6.07) is 0. The fourth-order valence-electron chi connectivity index (χ4n) is 2.01. The van der Waals surface area contributed by atoms with Crippen LogP contribution in [0.15, 0.2) is 12.7 Å². The molecule has 0 unspecified atom stereocenters. The summed E-state index contributed by atoms with van der Waals surface area (Å²) in [7, 11) is 1.67. The zero-order chi connectivity index (χ0) is 9.03. The Morgan fingerprint density at radius 1 is 1.67 bits per heavy atom. The van der Waals surface area contributed by atoms with E-state index in [0.717, 1.165) is 25.7 Å². The highest BCUT2D eigenvalue weighted by molar-refractivity contribution is 4.95. The van der Waals surface area contributed by atoms with Gasteiger partial charge in [-0.1, -0.05) is 18.9 Å². The molecule has 12 heavy (non-hydrogen) atoms. The molecule has 0 aromatic rings. The minimum absolute atomic E-state index is 0.00394. The van der Waals surface area contributed by atoms with Crippen LogP contribution in [0, 0.1) is 0 Å². The number of aliphatic hydroxyl groups is 1. The number of methoxy groups -OCH3 is 1. The van der Waals surface area contributed by atoms with E-state index >= 15 is 0 Å². The summed E-state index contributed by atoms with van der Waals surface area (Å²) < 4.78 is 5.26. The summed E-state index contributed by atoms with van der Waals surface area (Å²) in [6.45, 7) is 3.65. The van der Waals surface area contributed by atoms with E-state index in [1.54, 1.807) is 13.2 Å². The first-order chi connectivity index (χ1) is 5.73. The Labute approximate surface area is 74.2 Å². The lowest BCUT2D eigenvalue weighted by Gasteiger charge is -2.38. The highest BCUT2D eigenvalue weighted by atomic mass is 16.5. The van der Waals surface area contributed by atoms with Crippen molar-refractivity contribution in [3.05, 3.63) is 12.7 Å². The maximum Gasteiger partial charge on any atom is 0.0942 e. The third-order valence-electron chi connectivity index (χ3n) is 2.71. The summed E-state index contributed by atoms with van der Waals surface area (Å²) in [4.78, 5) is 0. The molecular formula is C10H18O2. The van der Waals surface area contributed by atoms with Gasteiger partial charge >= 0.3 is 0 Å². The van der Waals surface area contributed by atoms with E-state index in [9.17, 15) is 5.11 Å². The van der Waals surface area contributed by atoms with Gasteiger partial charge in [-0.2, -0.15) is 0 Å². The summed E-state index contributed by atoms with van der Waals surface area (Å²) in [5.41, 5.74) is -0.644. The predicted octanol–water partition coefficient (Wildman–Crippen LogP) is 1.88. The SMILES string of the molecule is C=CC[C@]1(O)CCCC[C@@H]1OC. The van der Waals surface area contributed by atoms with E-state index in [1.807, 2.05) is 0 Å². The maximum absolute atomic E-state index is 10.1. The minimum atomic E-state index is -0.644. The molecule has 0 heterocycles. The molecule has 0 spiro atoms. The Kier molecular flexibility index (Phi) is 3.29. The van der Waals surface area contributed by atoms with Gasteiger partial charge in [-0.25, -0.2) is 0 Å². The topological polar surface area (TPSA) is 29.5 Å². The molecular weight excluding hydrogens is 152 g/mol. The third-order valence-corrected chi connectivity index (χ3v) is 2.71. The van der Waals surface area contributed by atoms with Crippen LogP contribution in [-0.2, 0) is 4.74 Å². The molecule has 0 radical (unpaired) electrons. The third kappa shape index (κ3) is 1.87. The summed E-state index contributed by atoms with van der Waals surface area (Å²) >= 11 is 0. The standard InChI is InChI=1S/C10H18O2/c1-3-7-10(11)8-5-4-6-9(10)12-2/h3,9,11H,1,4-8H2,2H3/t9-,10-/m0/s1. The lowest BCUT2D eigenvalue weighted by atomic mass is 9.80. The van der Waals surface area contributed by atoms with E-state index in [2.05, 4.69) is 6.58 Å². The van der Waals surface area contributed by atoms with Crippen molar-refractivity contribution in [3.63, 3.8) is 0 Å². The molecule has 70 valence electrons. The van der Waals surface area contributed by atoms with E-state index in [-0.39, 0.29) is 6.10 Å². The first kappa shape index (κ1) is 9.75. The first-order valence-corrected chi connectivity index (χ1v) is 4.59. The first-order valence-electron chi connectivity index (χ1n) is 4.59. The van der Waals surface area contributed by atoms with Crippen LogP contribution in [0.4, 0.5) is 0 Å². The van der Waals surface area contributed by atoms with Gasteiger partial charge in [-0.3, -0.25) is 0 Å². The normalized spacial score (nSPS) is 36.3. The van der Waals surface area contributed by atoms with Crippen molar-refractivity contribution >= 4 is 0 Å². The monoisotopic (exact) mass is 170 g/mol. The molecule has 0 amide bonds. The highest BCUT2D eigenvalue weighted by Gasteiger charge is 2.37. The average molecular weight is 170 g/mol. The summed E-state index contributed by atoms with van der Waals surface area (Å²) in [5, 5.41) is 10.1. The van der Waals surface area contributed by atoms with Crippen LogP contribution in [0.3, 0.4) is 0 Å². The number of hydrogen-bond acceptors (Lipinski definition) is 2. The van der Waals surface area contributed by atoms with E-state index in [4.69, 9.17) is 4.74 Å². The summed E-state index contributed by atoms with van der Waals surface area (Å²) in [6.07, 6.45) is 6.51. The minimum Gasteiger partial charge on any atom is -0.387 e. The Hall–Kier alpha value is -0.340. The number of rotatable bonds is 3. The van der Waals surface area contributed by atoms with E-state index < -0.39 is 5.60 Å². The van der Waals surface area contributed by atoms with E-state index in [1.165, 1.54) is 0 Å². The summed E-state index contributed by atoms with van der Waals surface area (Å²) in [5.74, 6) is 0. The molecule has 1 N–H and O–H groups in total. The van der Waals surface area contributed by atoms with Crippen molar-refractivity contribution in [2.45, 2.75) is 43.8 Å². The van der Waals surface area contributed by atoms with Gasteiger partial charge in [-0.15, -0.1) is 6.58 Å². The molecule has 0 saturated heterocycles. The largest absolute Gasteiger partial charge is 0.387 e. The highest BCUT2D eigenvalue weighted by Crippen LogP contribution is 2.33. The number of ether oxygens (including phenoxy) is 1. The van der Waals surface area contributed by atoms with Crippen LogP contribution < -0.4 is 0 Å². The Morgan fingerprint density at radius 3 is 3.00 bits per heavy atom. The zero-order valence-corrected chi connectivity index (χ0v) is 7.75. The lowest BCUT2D eigenvalue weighted by Crippen LogP contribution is -2.45. The van der Waals surface area contributed by atoms with E-state index in [0.29, 0.717) is 6.42 Å². The molecule has 1 saturated carbocycles. The van der Waals surface area contributed by atoms with Crippen molar-refractivity contribution < 1.29 is 9.84 Å². The van der Waals surface area contributed by atoms with Gasteiger partial charge in [-0.05, 0) is 19.3 Å². The molecule has 1 aliphatic carbocycles. The molecule has 0 aromatic carbocycles. The quantitative estimate of drug-likeness (QED) is 0.655. The van der Waals surface area contributed by atoms with Crippen molar-refractivity contribution in [3.8, 4) is 0 Å². The molecule has 0 aliphatic heterocycles. The average Bonchev–Trinajstić information content (AvgIpc) is 2.05. The fraction of sp³-hybridized carbons (Fsp3) is 0.800. The molecule has 0 bridgehead atoms. The Balaban J connectivity index is 2.61. The lowest BCUT2D eigenvalue weighted by molar-refractivity contribution is -0.114. The van der Waals surface area contributed by atoms with Gasteiger partial charge in [0, 0.05) is 7.11 Å². The smallest absolute Gasteiger partial charge is 0.0942 e. The second-order valence-corrected chi connectivity index (χ2v) is 3.57. The van der Waals surface area contributed by atoms with Crippen LogP contribution in [0.5, 0.6) is 0 Å². The van der Waals surface area contributed by atoms with Crippen LogP contribution in [0.1, 0.15) is 32.1 Å². The number of hydrogen-bond donors (Lipinski definition) is 1. The molecule has 1 aliphatic rings. The second-order valence-electron chi connectivity index (χ2n) is 3.57. The zero-order valence-electron chi connectivity index (χ0n) is 7.75. The van der Waals surface area contributed by atoms with Gasteiger partial charge in [0.2, 0.25) is 0 Å². The van der Waals surface area contributed by atoms with Crippen molar-refractivity contribution in [2.24, 2.45) is 0 Å². The molecule has 2 heteroatoms. The molecule has 0 aromatic heterocycles. The van der Waals surface area contributed by atoms with Gasteiger partial charge in [0.25, 0.3) is 0 Å². The van der Waals surface area contributed by atoms with Crippen LogP contribution in [-0.4, -0.2) is 23.9 Å². The van der Waals surface area contributed by atoms with Crippen LogP contribution in [0.25, 0.3) is 0 Å². The van der Waals surface area contributed by atoms with Gasteiger partial charge in [0.1, 0.15) is 0 Å². The van der Waals surface area contributed by atoms with Crippen LogP contribution >= 0.6 is 0 Å². The van der Waals surface area contributed by atoms with Crippen LogP contribution in [0.2, 0.25) is 0 Å². The Bertz CT molecular complexity index is 156. The molecule has 2 nitrogen and oxygen atoms in total. The molecule has 1 fully saturated rings. The second kappa shape index (κ2) is 4.06. The van der Waals surface area contributed by atoms with Crippen molar-refractivity contribution in [1.82, 2.24) is 0 Å². The van der Waals surface area contributed by atoms with Crippen molar-refractivity contribution in [2.75, 3.05) is 7.11 Å². The van der Waals surface area contributed by atoms with Gasteiger partial charge < -0.3 is 9.84 Å². The Morgan fingerprint density at radius 2 is 2.42 bits per heavy atom. The maximum atomic E-state index is 10.1. The predicted molar refractivity (Wildman–Crippen MR) is 49.0 cm³/mol.